The molecule has 0 saturated carbocycles. The van der Waals surface area contributed by atoms with Gasteiger partial charge in [0.25, 0.3) is 0 Å². The van der Waals surface area contributed by atoms with E-state index in [1.54, 1.807) is 6.33 Å². The summed E-state index contributed by atoms with van der Waals surface area (Å²) < 4.78 is 7.20. The molecular formula is C15H20N2O2. The first-order valence-electron chi connectivity index (χ1n) is 6.47. The highest BCUT2D eigenvalue weighted by Crippen LogP contribution is 2.20. The van der Waals surface area contributed by atoms with E-state index >= 15 is 0 Å². The van der Waals surface area contributed by atoms with Crippen LogP contribution >= 0.6 is 0 Å². The maximum atomic E-state index is 12.1. The number of hydrogen-bond donors (Lipinski definition) is 0. The lowest BCUT2D eigenvalue weighted by Gasteiger charge is -2.20. The Morgan fingerprint density at radius 3 is 2.74 bits per heavy atom. The van der Waals surface area contributed by atoms with Gasteiger partial charge in [-0.05, 0) is 24.5 Å². The first-order chi connectivity index (χ1) is 8.88. The minimum Gasteiger partial charge on any atom is -0.464 e. The van der Waals surface area contributed by atoms with Crippen LogP contribution in [0.5, 0.6) is 0 Å². The van der Waals surface area contributed by atoms with Crippen LogP contribution in [0.15, 0.2) is 30.6 Å². The van der Waals surface area contributed by atoms with Gasteiger partial charge in [-0.15, -0.1) is 0 Å². The average Bonchev–Trinajstić information content (AvgIpc) is 2.78. The van der Waals surface area contributed by atoms with E-state index in [0.717, 1.165) is 11.0 Å². The Labute approximate surface area is 113 Å². The standard InChI is InChI=1S/C15H20N2O2/c1-11(14(18)19-9-15(2,3)4)17-10-16-12-7-5-6-8-13(12)17/h5-8,10-11H,9H2,1-4H3/t11-/m0/s1. The molecule has 0 bridgehead atoms. The van der Waals surface area contributed by atoms with Crippen LogP contribution in [-0.4, -0.2) is 22.1 Å². The average molecular weight is 260 g/mol. The Kier molecular flexibility index (Phi) is 3.60. The zero-order chi connectivity index (χ0) is 14.0. The van der Waals surface area contributed by atoms with E-state index in [4.69, 9.17) is 4.74 Å². The van der Waals surface area contributed by atoms with E-state index in [1.165, 1.54) is 0 Å². The predicted octanol–water partition coefficient (Wildman–Crippen LogP) is 3.19. The number of hydrogen-bond acceptors (Lipinski definition) is 3. The highest BCUT2D eigenvalue weighted by atomic mass is 16.5. The van der Waals surface area contributed by atoms with Crippen LogP contribution < -0.4 is 0 Å². The summed E-state index contributed by atoms with van der Waals surface area (Å²) in [4.78, 5) is 16.3. The van der Waals surface area contributed by atoms with Gasteiger partial charge < -0.3 is 9.30 Å². The molecule has 0 N–H and O–H groups in total. The summed E-state index contributed by atoms with van der Waals surface area (Å²) in [6.07, 6.45) is 1.69. The third-order valence-electron chi connectivity index (χ3n) is 2.89. The van der Waals surface area contributed by atoms with E-state index in [-0.39, 0.29) is 17.4 Å². The fraction of sp³-hybridized carbons (Fsp3) is 0.467. The molecule has 0 spiro atoms. The third-order valence-corrected chi connectivity index (χ3v) is 2.89. The summed E-state index contributed by atoms with van der Waals surface area (Å²) in [5.41, 5.74) is 1.81. The van der Waals surface area contributed by atoms with E-state index in [2.05, 4.69) is 4.98 Å². The summed E-state index contributed by atoms with van der Waals surface area (Å²) in [5.74, 6) is -0.224. The molecule has 102 valence electrons. The summed E-state index contributed by atoms with van der Waals surface area (Å²) in [7, 11) is 0. The van der Waals surface area contributed by atoms with Gasteiger partial charge in [0, 0.05) is 0 Å². The molecule has 0 aliphatic carbocycles. The highest BCUT2D eigenvalue weighted by molar-refractivity contribution is 5.80. The molecule has 0 aliphatic rings. The summed E-state index contributed by atoms with van der Waals surface area (Å²) in [5, 5.41) is 0. The van der Waals surface area contributed by atoms with Crippen molar-refractivity contribution in [1.29, 1.82) is 0 Å². The lowest BCUT2D eigenvalue weighted by atomic mass is 9.99. The molecule has 1 aromatic heterocycles. The van der Waals surface area contributed by atoms with E-state index in [1.807, 2.05) is 56.5 Å². The molecule has 1 atom stereocenters. The minimum atomic E-state index is -0.366. The molecule has 2 rings (SSSR count). The number of para-hydroxylation sites is 2. The Hall–Kier alpha value is -1.84. The van der Waals surface area contributed by atoms with Gasteiger partial charge in [-0.25, -0.2) is 9.78 Å². The normalized spacial score (nSPS) is 13.5. The van der Waals surface area contributed by atoms with E-state index in [9.17, 15) is 4.79 Å². The molecule has 0 radical (unpaired) electrons. The molecule has 0 amide bonds. The highest BCUT2D eigenvalue weighted by Gasteiger charge is 2.21. The molecule has 2 aromatic rings. The van der Waals surface area contributed by atoms with Gasteiger partial charge in [0.05, 0.1) is 24.0 Å². The van der Waals surface area contributed by atoms with Gasteiger partial charge in [-0.1, -0.05) is 32.9 Å². The SMILES string of the molecule is C[C@@H](C(=O)OCC(C)(C)C)n1cnc2ccccc21. The van der Waals surface area contributed by atoms with Crippen LogP contribution in [0.4, 0.5) is 0 Å². The van der Waals surface area contributed by atoms with Crippen molar-refractivity contribution in [2.24, 2.45) is 5.41 Å². The zero-order valence-electron chi connectivity index (χ0n) is 11.9. The topological polar surface area (TPSA) is 44.1 Å². The molecule has 4 nitrogen and oxygen atoms in total. The molecule has 0 fully saturated rings. The van der Waals surface area contributed by atoms with Crippen molar-refractivity contribution in [2.45, 2.75) is 33.7 Å². The Morgan fingerprint density at radius 2 is 2.05 bits per heavy atom. The van der Waals surface area contributed by atoms with Crippen LogP contribution in [0, 0.1) is 5.41 Å². The lowest BCUT2D eigenvalue weighted by molar-refractivity contribution is -0.149. The van der Waals surface area contributed by atoms with Gasteiger partial charge in [0.2, 0.25) is 0 Å². The maximum Gasteiger partial charge on any atom is 0.328 e. The second kappa shape index (κ2) is 5.03. The molecule has 0 unspecified atom stereocenters. The molecule has 19 heavy (non-hydrogen) atoms. The number of carbonyl (C=O) groups excluding carboxylic acids is 1. The quantitative estimate of drug-likeness (QED) is 0.796. The Bertz CT molecular complexity index is 581. The van der Waals surface area contributed by atoms with Crippen LogP contribution in [0.2, 0.25) is 0 Å². The zero-order valence-corrected chi connectivity index (χ0v) is 11.9. The van der Waals surface area contributed by atoms with Gasteiger partial charge in [0.15, 0.2) is 0 Å². The fourth-order valence-corrected chi connectivity index (χ4v) is 1.81. The number of esters is 1. The molecule has 1 heterocycles. The van der Waals surface area contributed by atoms with Gasteiger partial charge >= 0.3 is 5.97 Å². The number of fused-ring (bicyclic) bond motifs is 1. The number of ether oxygens (including phenoxy) is 1. The van der Waals surface area contributed by atoms with E-state index in [0.29, 0.717) is 6.61 Å². The van der Waals surface area contributed by atoms with Gasteiger partial charge in [-0.2, -0.15) is 0 Å². The number of rotatable bonds is 3. The summed E-state index contributed by atoms with van der Waals surface area (Å²) in [6, 6.07) is 7.39. The first kappa shape index (κ1) is 13.6. The predicted molar refractivity (Wildman–Crippen MR) is 74.9 cm³/mol. The molecule has 1 aromatic carbocycles. The van der Waals surface area contributed by atoms with Crippen molar-refractivity contribution in [2.75, 3.05) is 6.61 Å². The van der Waals surface area contributed by atoms with Crippen molar-refractivity contribution >= 4 is 17.0 Å². The van der Waals surface area contributed by atoms with Crippen molar-refractivity contribution in [3.05, 3.63) is 30.6 Å². The fourth-order valence-electron chi connectivity index (χ4n) is 1.81. The number of benzene rings is 1. The second-order valence-electron chi connectivity index (χ2n) is 5.98. The minimum absolute atomic E-state index is 0.0214. The summed E-state index contributed by atoms with van der Waals surface area (Å²) in [6.45, 7) is 8.37. The van der Waals surface area contributed by atoms with Crippen LogP contribution in [0.25, 0.3) is 11.0 Å². The van der Waals surface area contributed by atoms with Gasteiger partial charge in [0.1, 0.15) is 6.04 Å². The van der Waals surface area contributed by atoms with Crippen LogP contribution in [-0.2, 0) is 9.53 Å². The largest absolute Gasteiger partial charge is 0.464 e. The Morgan fingerprint density at radius 1 is 1.37 bits per heavy atom. The monoisotopic (exact) mass is 260 g/mol. The third kappa shape index (κ3) is 3.13. The van der Waals surface area contributed by atoms with Crippen LogP contribution in [0.1, 0.15) is 33.7 Å². The van der Waals surface area contributed by atoms with Gasteiger partial charge in [-0.3, -0.25) is 0 Å². The summed E-state index contributed by atoms with van der Waals surface area (Å²) >= 11 is 0. The molecule has 4 heteroatoms. The Balaban J connectivity index is 2.15. The van der Waals surface area contributed by atoms with Crippen molar-refractivity contribution in [1.82, 2.24) is 9.55 Å². The number of carbonyl (C=O) groups is 1. The van der Waals surface area contributed by atoms with Crippen LogP contribution in [0.3, 0.4) is 0 Å². The van der Waals surface area contributed by atoms with Crippen molar-refractivity contribution in [3.63, 3.8) is 0 Å². The number of imidazole rings is 1. The number of nitrogens with zero attached hydrogens (tertiary/aromatic N) is 2. The molecule has 0 aliphatic heterocycles. The number of aromatic nitrogens is 2. The maximum absolute atomic E-state index is 12.1. The first-order valence-corrected chi connectivity index (χ1v) is 6.47. The lowest BCUT2D eigenvalue weighted by Crippen LogP contribution is -2.24. The van der Waals surface area contributed by atoms with Crippen molar-refractivity contribution < 1.29 is 9.53 Å². The van der Waals surface area contributed by atoms with Crippen molar-refractivity contribution in [3.8, 4) is 0 Å². The smallest absolute Gasteiger partial charge is 0.328 e. The second-order valence-corrected chi connectivity index (χ2v) is 5.98. The van der Waals surface area contributed by atoms with E-state index < -0.39 is 0 Å². The molecule has 0 saturated heterocycles. The molecular weight excluding hydrogens is 240 g/mol.